The molecule has 0 radical (unpaired) electrons. The average Bonchev–Trinajstić information content (AvgIpc) is 2.86. The minimum atomic E-state index is 0.999. The van der Waals surface area contributed by atoms with Gasteiger partial charge in [-0.2, -0.15) is 0 Å². The van der Waals surface area contributed by atoms with Crippen LogP contribution in [0.5, 0.6) is 0 Å². The van der Waals surface area contributed by atoms with Crippen LogP contribution in [0.2, 0.25) is 0 Å². The van der Waals surface area contributed by atoms with Crippen molar-refractivity contribution in [1.82, 2.24) is 0 Å². The molecular formula is C30H44N2Ni+. The van der Waals surface area contributed by atoms with Gasteiger partial charge in [-0.05, 0) is 0 Å². The van der Waals surface area contributed by atoms with Crippen LogP contribution in [-0.2, 0) is 15.7 Å². The SMILES string of the molecule is CCCCCCCCC(=Nc1ccccc1)C(CCCCCCCC)=[N+]([Ni])c1ccccc1. The van der Waals surface area contributed by atoms with Gasteiger partial charge in [0.15, 0.2) is 0 Å². The Hall–Kier alpha value is -1.73. The topological polar surface area (TPSA) is 15.4 Å². The molecule has 2 aromatic carbocycles. The van der Waals surface area contributed by atoms with E-state index >= 15 is 0 Å². The Kier molecular flexibility index (Phi) is 14.8. The van der Waals surface area contributed by atoms with Crippen molar-refractivity contribution in [1.29, 1.82) is 0 Å². The Morgan fingerprint density at radius 3 is 1.70 bits per heavy atom. The standard InChI is InChI=1S/C30H44N2.Ni/c1-3-5-7-9-11-19-25-29(31-27-21-15-13-16-22-27)30(26-20-12-10-8-6-4-2)32-28-23-17-14-18-24-28;/h13-18,21-24H,3-12,19-20,25-26H2,1-2H3;/q;+1. The van der Waals surface area contributed by atoms with Gasteiger partial charge < -0.3 is 0 Å². The number of nitrogens with zero attached hydrogens (tertiary/aromatic N) is 2. The number of unbranched alkanes of at least 4 members (excludes halogenated alkanes) is 10. The van der Waals surface area contributed by atoms with Crippen LogP contribution in [-0.4, -0.2) is 15.1 Å². The summed E-state index contributed by atoms with van der Waals surface area (Å²) in [6.07, 6.45) is 17.5. The van der Waals surface area contributed by atoms with Crippen molar-refractivity contribution < 1.29 is 19.3 Å². The fourth-order valence-corrected chi connectivity index (χ4v) is 4.50. The van der Waals surface area contributed by atoms with E-state index in [1.54, 1.807) is 0 Å². The van der Waals surface area contributed by atoms with Gasteiger partial charge in [0.1, 0.15) is 0 Å². The van der Waals surface area contributed by atoms with Crippen molar-refractivity contribution in [2.24, 2.45) is 4.99 Å². The van der Waals surface area contributed by atoms with Crippen molar-refractivity contribution in [2.75, 3.05) is 0 Å². The quantitative estimate of drug-likeness (QED) is 0.119. The summed E-state index contributed by atoms with van der Waals surface area (Å²) in [4.78, 5) is 5.15. The molecule has 0 bridgehead atoms. The molecule has 0 atom stereocenters. The van der Waals surface area contributed by atoms with E-state index in [-0.39, 0.29) is 0 Å². The van der Waals surface area contributed by atoms with Crippen LogP contribution in [0.15, 0.2) is 65.7 Å². The molecule has 0 fully saturated rings. The van der Waals surface area contributed by atoms with Gasteiger partial charge in [-0.1, -0.05) is 0 Å². The van der Waals surface area contributed by atoms with Gasteiger partial charge in [0.05, 0.1) is 0 Å². The third kappa shape index (κ3) is 11.3. The molecule has 0 heterocycles. The second-order valence-electron chi connectivity index (χ2n) is 8.97. The van der Waals surface area contributed by atoms with Gasteiger partial charge in [0, 0.05) is 0 Å². The van der Waals surface area contributed by atoms with Crippen molar-refractivity contribution in [2.45, 2.75) is 104 Å². The van der Waals surface area contributed by atoms with Gasteiger partial charge in [-0.25, -0.2) is 0 Å². The van der Waals surface area contributed by atoms with Crippen LogP contribution in [0.1, 0.15) is 104 Å². The Balaban J connectivity index is 2.23. The van der Waals surface area contributed by atoms with E-state index in [1.165, 1.54) is 88.5 Å². The first-order valence-corrected chi connectivity index (χ1v) is 13.7. The first kappa shape index (κ1) is 27.5. The molecule has 2 nitrogen and oxygen atoms in total. The van der Waals surface area contributed by atoms with Gasteiger partial charge in [0.25, 0.3) is 0 Å². The van der Waals surface area contributed by atoms with Crippen molar-refractivity contribution in [3.8, 4) is 0 Å². The van der Waals surface area contributed by atoms with Crippen LogP contribution in [0.25, 0.3) is 0 Å². The molecule has 2 rings (SSSR count). The number of para-hydroxylation sites is 2. The molecule has 33 heavy (non-hydrogen) atoms. The van der Waals surface area contributed by atoms with E-state index in [9.17, 15) is 0 Å². The fraction of sp³-hybridized carbons (Fsp3) is 0.533. The van der Waals surface area contributed by atoms with Gasteiger partial charge in [-0.3, -0.25) is 0 Å². The Morgan fingerprint density at radius 2 is 1.12 bits per heavy atom. The molecule has 3 heteroatoms. The summed E-state index contributed by atoms with van der Waals surface area (Å²) in [6, 6.07) is 20.8. The molecule has 183 valence electrons. The number of hydrogen-bond donors (Lipinski definition) is 0. The maximum atomic E-state index is 5.61. The first-order chi connectivity index (χ1) is 16.3. The number of hydrogen-bond acceptors (Lipinski definition) is 1. The first-order valence-electron chi connectivity index (χ1n) is 13.2. The van der Waals surface area contributed by atoms with E-state index in [4.69, 9.17) is 20.7 Å². The number of benzene rings is 2. The van der Waals surface area contributed by atoms with E-state index < -0.39 is 0 Å². The van der Waals surface area contributed by atoms with Gasteiger partial charge >= 0.3 is 212 Å². The summed E-state index contributed by atoms with van der Waals surface area (Å²) < 4.78 is 2.02. The predicted octanol–water partition coefficient (Wildman–Crippen LogP) is 9.51. The molecule has 0 N–H and O–H groups in total. The van der Waals surface area contributed by atoms with E-state index in [1.807, 2.05) is 3.66 Å². The van der Waals surface area contributed by atoms with Crippen molar-refractivity contribution in [3.05, 3.63) is 60.7 Å². The molecule has 2 aromatic rings. The Labute approximate surface area is 211 Å². The third-order valence-electron chi connectivity index (χ3n) is 6.07. The summed E-state index contributed by atoms with van der Waals surface area (Å²) >= 11 is 5.61. The molecular weight excluding hydrogens is 447 g/mol. The van der Waals surface area contributed by atoms with Crippen molar-refractivity contribution in [3.63, 3.8) is 0 Å². The van der Waals surface area contributed by atoms with Crippen LogP contribution < -0.4 is 0 Å². The summed E-state index contributed by atoms with van der Waals surface area (Å²) in [6.45, 7) is 4.55. The Bertz CT molecular complexity index is 812. The molecule has 0 unspecified atom stereocenters. The van der Waals surface area contributed by atoms with Gasteiger partial charge in [0.2, 0.25) is 0 Å². The molecule has 0 saturated carbocycles. The number of rotatable bonds is 17. The fourth-order valence-electron chi connectivity index (χ4n) is 4.12. The monoisotopic (exact) mass is 490 g/mol. The molecule has 0 spiro atoms. The van der Waals surface area contributed by atoms with Crippen LogP contribution in [0.4, 0.5) is 11.4 Å². The number of aliphatic imine (C=N–C) groups is 1. The molecule has 0 aliphatic heterocycles. The van der Waals surface area contributed by atoms with Crippen LogP contribution >= 0.6 is 0 Å². The van der Waals surface area contributed by atoms with E-state index in [2.05, 4.69) is 74.5 Å². The molecule has 0 aliphatic carbocycles. The molecule has 0 saturated heterocycles. The maximum absolute atomic E-state index is 5.61. The third-order valence-corrected chi connectivity index (χ3v) is 6.60. The van der Waals surface area contributed by atoms with Crippen LogP contribution in [0, 0.1) is 0 Å². The summed E-state index contributed by atoms with van der Waals surface area (Å²) in [7, 11) is 0. The zero-order valence-corrected chi connectivity index (χ0v) is 21.9. The predicted molar refractivity (Wildman–Crippen MR) is 141 cm³/mol. The van der Waals surface area contributed by atoms with Crippen LogP contribution in [0.3, 0.4) is 0 Å². The molecule has 0 aliphatic rings. The van der Waals surface area contributed by atoms with Gasteiger partial charge in [-0.15, -0.1) is 0 Å². The van der Waals surface area contributed by atoms with E-state index in [0.717, 1.165) is 24.2 Å². The average molecular weight is 491 g/mol. The Morgan fingerprint density at radius 1 is 0.636 bits per heavy atom. The summed E-state index contributed by atoms with van der Waals surface area (Å²) in [5.41, 5.74) is 4.53. The second kappa shape index (κ2) is 17.7. The zero-order valence-electron chi connectivity index (χ0n) is 20.9. The van der Waals surface area contributed by atoms with E-state index in [0.29, 0.717) is 0 Å². The normalized spacial score (nSPS) is 12.7. The summed E-state index contributed by atoms with van der Waals surface area (Å²) in [5.74, 6) is 0. The molecule has 0 amide bonds. The summed E-state index contributed by atoms with van der Waals surface area (Å²) in [5, 5.41) is 0. The van der Waals surface area contributed by atoms with Crippen molar-refractivity contribution >= 4 is 22.8 Å². The molecule has 0 aromatic heterocycles. The minimum absolute atomic E-state index is 0.999. The zero-order chi connectivity index (χ0) is 23.6. The second-order valence-corrected chi connectivity index (χ2v) is 9.41.